The van der Waals surface area contributed by atoms with Crippen LogP contribution in [0.5, 0.6) is 0 Å². The van der Waals surface area contributed by atoms with Crippen LogP contribution < -0.4 is 10.0 Å². The van der Waals surface area contributed by atoms with Crippen molar-refractivity contribution in [1.29, 1.82) is 5.26 Å². The zero-order valence-electron chi connectivity index (χ0n) is 7.87. The molecule has 0 aromatic heterocycles. The van der Waals surface area contributed by atoms with E-state index in [0.717, 1.165) is 6.54 Å². The van der Waals surface area contributed by atoms with Crippen LogP contribution in [-0.2, 0) is 10.0 Å². The van der Waals surface area contributed by atoms with Crippen molar-refractivity contribution >= 4 is 10.0 Å². The van der Waals surface area contributed by atoms with E-state index in [1.807, 2.05) is 0 Å². The van der Waals surface area contributed by atoms with Crippen molar-refractivity contribution in [2.45, 2.75) is 18.6 Å². The molecule has 0 saturated carbocycles. The van der Waals surface area contributed by atoms with E-state index < -0.39 is 15.3 Å². The summed E-state index contributed by atoms with van der Waals surface area (Å²) in [5.41, 5.74) is 0. The van der Waals surface area contributed by atoms with E-state index in [1.54, 1.807) is 13.1 Å². The molecule has 0 aromatic rings. The van der Waals surface area contributed by atoms with Gasteiger partial charge in [0, 0.05) is 6.54 Å². The fraction of sp³-hybridized carbons (Fsp3) is 0.857. The Morgan fingerprint density at radius 1 is 1.46 bits per heavy atom. The van der Waals surface area contributed by atoms with Gasteiger partial charge in [-0.25, -0.2) is 13.1 Å². The van der Waals surface area contributed by atoms with Gasteiger partial charge in [-0.05, 0) is 26.9 Å². The molecule has 0 heterocycles. The van der Waals surface area contributed by atoms with Gasteiger partial charge < -0.3 is 5.32 Å². The molecule has 0 saturated heterocycles. The SMILES string of the molecule is CNCCCNS(=O)(=O)C(C)C#N. The lowest BCUT2D eigenvalue weighted by Gasteiger charge is -2.06. The summed E-state index contributed by atoms with van der Waals surface area (Å²) in [6.07, 6.45) is 0.716. The Bertz CT molecular complexity index is 268. The highest BCUT2D eigenvalue weighted by molar-refractivity contribution is 7.90. The molecular weight excluding hydrogens is 190 g/mol. The molecule has 0 amide bonds. The summed E-state index contributed by atoms with van der Waals surface area (Å²) in [4.78, 5) is 0. The minimum atomic E-state index is -3.43. The molecule has 0 rings (SSSR count). The summed E-state index contributed by atoms with van der Waals surface area (Å²) < 4.78 is 24.7. The minimum Gasteiger partial charge on any atom is -0.320 e. The zero-order chi connectivity index (χ0) is 10.3. The van der Waals surface area contributed by atoms with Crippen molar-refractivity contribution in [2.24, 2.45) is 0 Å². The van der Waals surface area contributed by atoms with E-state index in [9.17, 15) is 8.42 Å². The molecular formula is C7H15N3O2S. The number of sulfonamides is 1. The second-order valence-electron chi connectivity index (χ2n) is 2.67. The first-order valence-corrected chi connectivity index (χ1v) is 5.62. The molecule has 13 heavy (non-hydrogen) atoms. The number of nitrogens with zero attached hydrogens (tertiary/aromatic N) is 1. The van der Waals surface area contributed by atoms with Crippen LogP contribution in [0.15, 0.2) is 0 Å². The van der Waals surface area contributed by atoms with Crippen molar-refractivity contribution in [3.05, 3.63) is 0 Å². The van der Waals surface area contributed by atoms with Crippen molar-refractivity contribution in [3.8, 4) is 6.07 Å². The van der Waals surface area contributed by atoms with Gasteiger partial charge in [0.15, 0.2) is 5.25 Å². The molecule has 0 aliphatic carbocycles. The maximum atomic E-state index is 11.2. The molecule has 0 spiro atoms. The molecule has 0 aliphatic rings. The molecule has 2 N–H and O–H groups in total. The van der Waals surface area contributed by atoms with Gasteiger partial charge >= 0.3 is 0 Å². The van der Waals surface area contributed by atoms with Crippen molar-refractivity contribution in [1.82, 2.24) is 10.0 Å². The summed E-state index contributed by atoms with van der Waals surface area (Å²) >= 11 is 0. The maximum Gasteiger partial charge on any atom is 0.227 e. The molecule has 76 valence electrons. The van der Waals surface area contributed by atoms with Crippen LogP contribution in [0.2, 0.25) is 0 Å². The molecule has 6 heteroatoms. The van der Waals surface area contributed by atoms with E-state index in [1.165, 1.54) is 6.92 Å². The molecule has 0 fully saturated rings. The summed E-state index contributed by atoms with van der Waals surface area (Å²) in [6.45, 7) is 2.49. The van der Waals surface area contributed by atoms with Crippen LogP contribution >= 0.6 is 0 Å². The average molecular weight is 205 g/mol. The number of nitriles is 1. The summed E-state index contributed by atoms with van der Waals surface area (Å²) in [6, 6.07) is 1.68. The van der Waals surface area contributed by atoms with Gasteiger partial charge in [-0.1, -0.05) is 0 Å². The van der Waals surface area contributed by atoms with Gasteiger partial charge in [-0.15, -0.1) is 0 Å². The topological polar surface area (TPSA) is 82.0 Å². The molecule has 1 unspecified atom stereocenters. The Labute approximate surface area is 79.2 Å². The predicted octanol–water partition coefficient (Wildman–Crippen LogP) is -0.573. The van der Waals surface area contributed by atoms with Gasteiger partial charge in [0.1, 0.15) is 0 Å². The Balaban J connectivity index is 3.86. The molecule has 0 aliphatic heterocycles. The molecule has 0 aromatic carbocycles. The van der Waals surface area contributed by atoms with Gasteiger partial charge in [-0.3, -0.25) is 0 Å². The Kier molecular flexibility index (Phi) is 5.62. The third-order valence-corrected chi connectivity index (χ3v) is 3.20. The smallest absolute Gasteiger partial charge is 0.227 e. The summed E-state index contributed by atoms with van der Waals surface area (Å²) in [5, 5.41) is 10.3. The van der Waals surface area contributed by atoms with Crippen LogP contribution in [0.4, 0.5) is 0 Å². The first kappa shape index (κ1) is 12.4. The largest absolute Gasteiger partial charge is 0.320 e. The van der Waals surface area contributed by atoms with Crippen LogP contribution in [0.25, 0.3) is 0 Å². The van der Waals surface area contributed by atoms with E-state index in [-0.39, 0.29) is 0 Å². The Morgan fingerprint density at radius 3 is 2.54 bits per heavy atom. The molecule has 0 radical (unpaired) electrons. The Morgan fingerprint density at radius 2 is 2.08 bits per heavy atom. The van der Waals surface area contributed by atoms with Crippen LogP contribution in [0.1, 0.15) is 13.3 Å². The normalized spacial score (nSPS) is 13.6. The van der Waals surface area contributed by atoms with Crippen LogP contribution in [-0.4, -0.2) is 33.8 Å². The first-order valence-electron chi connectivity index (χ1n) is 4.07. The maximum absolute atomic E-state index is 11.2. The fourth-order valence-corrected chi connectivity index (χ4v) is 1.49. The lowest BCUT2D eigenvalue weighted by molar-refractivity contribution is 0.573. The number of rotatable bonds is 6. The van der Waals surface area contributed by atoms with Crippen molar-refractivity contribution in [3.63, 3.8) is 0 Å². The second kappa shape index (κ2) is 5.91. The lowest BCUT2D eigenvalue weighted by atomic mass is 10.4. The third kappa shape index (κ3) is 4.83. The van der Waals surface area contributed by atoms with Crippen molar-refractivity contribution in [2.75, 3.05) is 20.1 Å². The standard InChI is InChI=1S/C7H15N3O2S/c1-7(6-8)13(11,12)10-5-3-4-9-2/h7,9-10H,3-5H2,1-2H3. The van der Waals surface area contributed by atoms with Gasteiger partial charge in [0.25, 0.3) is 0 Å². The number of hydrogen-bond donors (Lipinski definition) is 2. The van der Waals surface area contributed by atoms with Gasteiger partial charge in [0.2, 0.25) is 10.0 Å². The Hall–Kier alpha value is -0.640. The van der Waals surface area contributed by atoms with Crippen LogP contribution in [0.3, 0.4) is 0 Å². The number of hydrogen-bond acceptors (Lipinski definition) is 4. The van der Waals surface area contributed by atoms with Crippen LogP contribution in [0, 0.1) is 11.3 Å². The highest BCUT2D eigenvalue weighted by Crippen LogP contribution is 1.95. The van der Waals surface area contributed by atoms with E-state index in [4.69, 9.17) is 5.26 Å². The second-order valence-corrected chi connectivity index (χ2v) is 4.75. The first-order chi connectivity index (χ1) is 6.04. The highest BCUT2D eigenvalue weighted by atomic mass is 32.2. The van der Waals surface area contributed by atoms with E-state index in [0.29, 0.717) is 13.0 Å². The molecule has 0 bridgehead atoms. The lowest BCUT2D eigenvalue weighted by Crippen LogP contribution is -2.33. The molecule has 5 nitrogen and oxygen atoms in total. The van der Waals surface area contributed by atoms with Crippen molar-refractivity contribution < 1.29 is 8.42 Å². The van der Waals surface area contributed by atoms with Gasteiger partial charge in [-0.2, -0.15) is 5.26 Å². The van der Waals surface area contributed by atoms with E-state index >= 15 is 0 Å². The highest BCUT2D eigenvalue weighted by Gasteiger charge is 2.18. The summed E-state index contributed by atoms with van der Waals surface area (Å²) in [7, 11) is -1.63. The monoisotopic (exact) mass is 205 g/mol. The zero-order valence-corrected chi connectivity index (χ0v) is 8.69. The molecule has 1 atom stereocenters. The number of nitrogens with one attached hydrogen (secondary N) is 2. The average Bonchev–Trinajstić information content (AvgIpc) is 2.11. The minimum absolute atomic E-state index is 0.370. The fourth-order valence-electron chi connectivity index (χ4n) is 0.674. The van der Waals surface area contributed by atoms with E-state index in [2.05, 4.69) is 10.0 Å². The quantitative estimate of drug-likeness (QED) is 0.569. The third-order valence-electron chi connectivity index (χ3n) is 1.55. The summed E-state index contributed by atoms with van der Waals surface area (Å²) in [5.74, 6) is 0. The predicted molar refractivity (Wildman–Crippen MR) is 50.5 cm³/mol. The van der Waals surface area contributed by atoms with Gasteiger partial charge in [0.05, 0.1) is 6.07 Å².